The van der Waals surface area contributed by atoms with Crippen LogP contribution in [0.15, 0.2) is 95.1 Å². The lowest BCUT2D eigenvalue weighted by atomic mass is 9.78. The molecule has 13 nitrogen and oxygen atoms in total. The summed E-state index contributed by atoms with van der Waals surface area (Å²) < 4.78 is 82.7. The molecule has 3 heterocycles. The number of aliphatic imine (C=N–C) groups is 1. The number of carbonyl (C=O) groups excluding carboxylic acids is 2. The highest BCUT2D eigenvalue weighted by atomic mass is 32.2. The quantitative estimate of drug-likeness (QED) is 0.0569. The molecule has 5 aromatic rings. The molecule has 3 atom stereocenters. The van der Waals surface area contributed by atoms with Crippen LogP contribution < -0.4 is 16.0 Å². The van der Waals surface area contributed by atoms with E-state index in [1.807, 2.05) is 24.3 Å². The first-order chi connectivity index (χ1) is 29.9. The number of nitrogens with zero attached hydrogens (tertiary/aromatic N) is 5. The molecule has 0 radical (unpaired) electrons. The Hall–Kier alpha value is -6.45. The second-order valence-corrected chi connectivity index (χ2v) is 17.9. The van der Waals surface area contributed by atoms with Gasteiger partial charge in [0.2, 0.25) is 0 Å². The van der Waals surface area contributed by atoms with Crippen LogP contribution in [-0.2, 0) is 34.3 Å². The van der Waals surface area contributed by atoms with Gasteiger partial charge in [0.15, 0.2) is 21.2 Å². The maximum Gasteiger partial charge on any atom is 0.417 e. The normalized spacial score (nSPS) is 16.9. The van der Waals surface area contributed by atoms with E-state index in [9.17, 15) is 40.7 Å². The lowest BCUT2D eigenvalue weighted by molar-refractivity contribution is -0.137. The Balaban J connectivity index is 0.850. The molecule has 1 aromatic heterocycles. The molecule has 7 rings (SSSR count). The molecule has 0 fully saturated rings. The molecular formula is C45H44F4N8O5S. The summed E-state index contributed by atoms with van der Waals surface area (Å²) in [6, 6.07) is 20.4. The minimum absolute atomic E-state index is 0.0620. The number of aromatic nitrogens is 3. The van der Waals surface area contributed by atoms with E-state index < -0.39 is 50.2 Å². The number of benzene rings is 4. The van der Waals surface area contributed by atoms with Gasteiger partial charge in [0.25, 0.3) is 5.91 Å². The predicted octanol–water partition coefficient (Wildman–Crippen LogP) is 7.55. The summed E-state index contributed by atoms with van der Waals surface area (Å²) in [5.41, 5.74) is 0.144. The second kappa shape index (κ2) is 18.1. The van der Waals surface area contributed by atoms with Gasteiger partial charge >= 0.3 is 6.18 Å². The van der Waals surface area contributed by atoms with E-state index in [1.165, 1.54) is 36.7 Å². The molecule has 2 aliphatic heterocycles. The van der Waals surface area contributed by atoms with Crippen LogP contribution >= 0.6 is 0 Å². The van der Waals surface area contributed by atoms with E-state index in [1.54, 1.807) is 23.9 Å². The average molecular weight is 885 g/mol. The number of carbonyl (C=O) groups is 2. The highest BCUT2D eigenvalue weighted by Gasteiger charge is 2.42. The molecule has 1 amide bonds. The molecule has 18 heteroatoms. The van der Waals surface area contributed by atoms with Gasteiger partial charge in [-0.05, 0) is 91.9 Å². The van der Waals surface area contributed by atoms with Crippen LogP contribution in [0.2, 0.25) is 0 Å². The van der Waals surface area contributed by atoms with Gasteiger partial charge in [0, 0.05) is 41.8 Å². The zero-order valence-corrected chi connectivity index (χ0v) is 35.2. The van der Waals surface area contributed by atoms with Gasteiger partial charge in [0.1, 0.15) is 24.5 Å². The third kappa shape index (κ3) is 9.95. The first-order valence-electron chi connectivity index (χ1n) is 20.3. The standard InChI is InChI=1S/C45H44F4N8O5S/c1-44(60,43(59)55-32-16-13-29(23-50)35(22-32)45(47,48)49)25-63(61,62)33-17-9-27(10-18-33)8-6-4-3-5-7-19-51-31-14-11-28(12-15-31)40-39(42-53-26-54-57(42)2)41-38-34(37(58)24-52-41)20-30(46)21-36(38)56-40/h9-18,20-22,26,39-40,51,56,60H,3-8,19,24-25H2,1-2H3,(H,55,59)/t39?,40-,44?/m1/s1. The number of aryl methyl sites for hydroxylation is 2. The number of unbranched alkanes of at least 4 members (excludes halogenated alkanes) is 4. The number of amides is 1. The molecule has 328 valence electrons. The fourth-order valence-electron chi connectivity index (χ4n) is 7.96. The Kier molecular flexibility index (Phi) is 12.8. The molecule has 0 saturated heterocycles. The Morgan fingerprint density at radius 1 is 0.984 bits per heavy atom. The van der Waals surface area contributed by atoms with Crippen molar-refractivity contribution in [3.8, 4) is 6.07 Å². The predicted molar refractivity (Wildman–Crippen MR) is 228 cm³/mol. The lowest BCUT2D eigenvalue weighted by Gasteiger charge is -2.37. The van der Waals surface area contributed by atoms with E-state index in [0.717, 1.165) is 80.9 Å². The number of ketones is 1. The molecular weight excluding hydrogens is 841 g/mol. The maximum absolute atomic E-state index is 14.6. The van der Waals surface area contributed by atoms with Gasteiger partial charge in [-0.15, -0.1) is 0 Å². The largest absolute Gasteiger partial charge is 0.417 e. The Labute approximate surface area is 361 Å². The number of anilines is 3. The summed E-state index contributed by atoms with van der Waals surface area (Å²) >= 11 is 0. The highest BCUT2D eigenvalue weighted by molar-refractivity contribution is 7.91. The van der Waals surface area contributed by atoms with Crippen LogP contribution in [0.1, 0.15) is 95.0 Å². The zero-order chi connectivity index (χ0) is 45.1. The van der Waals surface area contributed by atoms with E-state index in [0.29, 0.717) is 34.4 Å². The molecule has 0 aliphatic carbocycles. The van der Waals surface area contributed by atoms with Crippen molar-refractivity contribution in [1.82, 2.24) is 14.8 Å². The average Bonchev–Trinajstić information content (AvgIpc) is 3.67. The minimum atomic E-state index is -4.87. The van der Waals surface area contributed by atoms with Crippen molar-refractivity contribution in [2.45, 2.75) is 74.1 Å². The van der Waals surface area contributed by atoms with Crippen molar-refractivity contribution in [3.63, 3.8) is 0 Å². The number of nitriles is 1. The lowest BCUT2D eigenvalue weighted by Crippen LogP contribution is -2.45. The number of hydrogen-bond donors (Lipinski definition) is 4. The Morgan fingerprint density at radius 2 is 1.68 bits per heavy atom. The maximum atomic E-state index is 14.6. The highest BCUT2D eigenvalue weighted by Crippen LogP contribution is 2.45. The summed E-state index contributed by atoms with van der Waals surface area (Å²) in [7, 11) is -2.38. The molecule has 2 unspecified atom stereocenters. The smallest absolute Gasteiger partial charge is 0.385 e. The number of hydrogen-bond acceptors (Lipinski definition) is 11. The van der Waals surface area contributed by atoms with Crippen LogP contribution in [-0.4, -0.2) is 70.1 Å². The third-order valence-electron chi connectivity index (χ3n) is 11.2. The molecule has 0 bridgehead atoms. The first kappa shape index (κ1) is 44.6. The molecule has 63 heavy (non-hydrogen) atoms. The third-order valence-corrected chi connectivity index (χ3v) is 13.1. The van der Waals surface area contributed by atoms with Crippen LogP contribution in [0.3, 0.4) is 0 Å². The topological polar surface area (TPSA) is 191 Å². The fourth-order valence-corrected chi connectivity index (χ4v) is 9.55. The van der Waals surface area contributed by atoms with Crippen molar-refractivity contribution >= 4 is 44.3 Å². The number of nitrogens with one attached hydrogen (secondary N) is 3. The number of sulfone groups is 1. The summed E-state index contributed by atoms with van der Waals surface area (Å²) in [6.07, 6.45) is 2.11. The van der Waals surface area contributed by atoms with E-state index in [2.05, 4.69) is 31.0 Å². The van der Waals surface area contributed by atoms with Gasteiger partial charge in [-0.1, -0.05) is 43.5 Å². The van der Waals surface area contributed by atoms with E-state index >= 15 is 0 Å². The van der Waals surface area contributed by atoms with Gasteiger partial charge < -0.3 is 21.1 Å². The first-order valence-corrected chi connectivity index (χ1v) is 21.9. The fraction of sp³-hybridized carbons (Fsp3) is 0.333. The van der Waals surface area contributed by atoms with Gasteiger partial charge in [-0.2, -0.15) is 23.5 Å². The SMILES string of the molecule is Cn1ncnc1C1C2=NCC(=O)c3cc(F)cc(c32)N[C@@H]1c1ccc(NCCCCCCCc2ccc(S(=O)(=O)CC(C)(O)C(=O)Nc3ccc(C#N)c(C(F)(F)F)c3)cc2)cc1. The van der Waals surface area contributed by atoms with Crippen molar-refractivity contribution in [2.24, 2.45) is 12.0 Å². The second-order valence-electron chi connectivity index (χ2n) is 15.9. The molecule has 2 aliphatic rings. The molecule has 4 N–H and O–H groups in total. The number of Topliss-reactive ketones (excluding diaryl/α,β-unsaturated/α-hetero) is 1. The van der Waals surface area contributed by atoms with E-state index in [-0.39, 0.29) is 34.9 Å². The summed E-state index contributed by atoms with van der Waals surface area (Å²) in [5, 5.41) is 33.1. The van der Waals surface area contributed by atoms with Crippen molar-refractivity contribution < 1.29 is 40.7 Å². The van der Waals surface area contributed by atoms with Gasteiger partial charge in [-0.25, -0.2) is 17.8 Å². The van der Waals surface area contributed by atoms with Gasteiger partial charge in [-0.3, -0.25) is 19.3 Å². The summed E-state index contributed by atoms with van der Waals surface area (Å²) in [4.78, 5) is 34.6. The molecule has 4 aromatic carbocycles. The van der Waals surface area contributed by atoms with Crippen LogP contribution in [0.25, 0.3) is 0 Å². The zero-order valence-electron chi connectivity index (χ0n) is 34.3. The van der Waals surface area contributed by atoms with Crippen LogP contribution in [0.5, 0.6) is 0 Å². The molecule has 0 spiro atoms. The van der Waals surface area contributed by atoms with E-state index in [4.69, 9.17) is 5.26 Å². The number of aliphatic hydroxyl groups is 1. The monoisotopic (exact) mass is 884 g/mol. The van der Waals surface area contributed by atoms with Crippen LogP contribution in [0.4, 0.5) is 34.6 Å². The summed E-state index contributed by atoms with van der Waals surface area (Å²) in [5.74, 6) is -2.67. The Bertz CT molecular complexity index is 2710. The van der Waals surface area contributed by atoms with Crippen LogP contribution in [0, 0.1) is 17.1 Å². The Morgan fingerprint density at radius 3 is 2.37 bits per heavy atom. The number of rotatable bonds is 16. The van der Waals surface area contributed by atoms with Crippen molar-refractivity contribution in [1.29, 1.82) is 5.26 Å². The van der Waals surface area contributed by atoms with Crippen molar-refractivity contribution in [2.75, 3.05) is 34.8 Å². The number of alkyl halides is 3. The van der Waals surface area contributed by atoms with Crippen molar-refractivity contribution in [3.05, 3.63) is 130 Å². The minimum Gasteiger partial charge on any atom is -0.385 e. The summed E-state index contributed by atoms with van der Waals surface area (Å²) in [6.45, 7) is 1.66. The van der Waals surface area contributed by atoms with Gasteiger partial charge in [0.05, 0.1) is 45.5 Å². The number of halogens is 4. The molecule has 0 saturated carbocycles.